The second-order valence-corrected chi connectivity index (χ2v) is 5.67. The molecule has 0 aliphatic carbocycles. The summed E-state index contributed by atoms with van der Waals surface area (Å²) >= 11 is 0. The lowest BCUT2D eigenvalue weighted by atomic mass is 10.2. The van der Waals surface area contributed by atoms with Crippen molar-refractivity contribution in [1.82, 2.24) is 15.4 Å². The van der Waals surface area contributed by atoms with Gasteiger partial charge >= 0.3 is 5.97 Å². The normalized spacial score (nSPS) is 10.5. The Balaban J connectivity index is 2.27. The minimum absolute atomic E-state index is 0.129. The number of carbonyl (C=O) groups is 1. The topological polar surface area (TPSA) is 122 Å². The van der Waals surface area contributed by atoms with Crippen LogP contribution in [0.5, 0.6) is 11.6 Å². The van der Waals surface area contributed by atoms with Crippen molar-refractivity contribution in [3.05, 3.63) is 35.5 Å². The number of H-pyrrole nitrogens is 1. The average Bonchev–Trinajstić information content (AvgIpc) is 2.84. The molecule has 0 bridgehead atoms. The molecule has 9 heteroatoms. The van der Waals surface area contributed by atoms with Gasteiger partial charge in [0.1, 0.15) is 5.75 Å². The molecule has 8 nitrogen and oxygen atoms in total. The average molecular weight is 307 g/mol. The van der Waals surface area contributed by atoms with E-state index in [-0.39, 0.29) is 17.3 Å². The summed E-state index contributed by atoms with van der Waals surface area (Å²) in [5, 5.41) is 20.0. The van der Waals surface area contributed by atoms with Crippen molar-refractivity contribution < 1.29 is 23.1 Å². The molecule has 0 fully saturated rings. The molecule has 0 aliphatic heterocycles. The van der Waals surface area contributed by atoms with E-state index >= 15 is 0 Å². The third-order valence-electron chi connectivity index (χ3n) is 2.15. The molecule has 0 atom stereocenters. The standard InChI is InChI=1S/C12H9N3O5S/c1-21(18,19)6-5-8-3-2-4-9(7-8)20-11-10(12(16)17)13-15-14-11/h2-4,7H,1H3,(H,16,17)(H,13,14,15). The number of aromatic amines is 1. The first-order valence-corrected chi connectivity index (χ1v) is 7.39. The van der Waals surface area contributed by atoms with Crippen molar-refractivity contribution in [1.29, 1.82) is 0 Å². The van der Waals surface area contributed by atoms with Gasteiger partial charge in [-0.2, -0.15) is 0 Å². The van der Waals surface area contributed by atoms with Gasteiger partial charge in [0, 0.05) is 10.8 Å². The molecule has 0 spiro atoms. The number of hydrogen-bond acceptors (Lipinski definition) is 6. The van der Waals surface area contributed by atoms with Crippen LogP contribution in [-0.4, -0.2) is 41.2 Å². The van der Waals surface area contributed by atoms with E-state index in [2.05, 4.69) is 26.6 Å². The molecule has 1 aromatic heterocycles. The summed E-state index contributed by atoms with van der Waals surface area (Å²) in [7, 11) is -3.41. The number of rotatable bonds is 3. The monoisotopic (exact) mass is 307 g/mol. The van der Waals surface area contributed by atoms with Gasteiger partial charge in [-0.1, -0.05) is 11.3 Å². The zero-order valence-corrected chi connectivity index (χ0v) is 11.5. The largest absolute Gasteiger partial charge is 0.476 e. The smallest absolute Gasteiger partial charge is 0.362 e. The fraction of sp³-hybridized carbons (Fsp3) is 0.0833. The van der Waals surface area contributed by atoms with Crippen molar-refractivity contribution >= 4 is 15.8 Å². The van der Waals surface area contributed by atoms with Gasteiger partial charge in [0.15, 0.2) is 0 Å². The van der Waals surface area contributed by atoms with E-state index < -0.39 is 15.8 Å². The van der Waals surface area contributed by atoms with Crippen LogP contribution in [0.4, 0.5) is 0 Å². The van der Waals surface area contributed by atoms with Crippen molar-refractivity contribution in [2.75, 3.05) is 6.26 Å². The minimum atomic E-state index is -3.41. The van der Waals surface area contributed by atoms with Crippen LogP contribution in [0.3, 0.4) is 0 Å². The SMILES string of the molecule is CS(=O)(=O)C#Cc1cccc(Oc2[nH]nnc2C(=O)O)c1. The lowest BCUT2D eigenvalue weighted by Crippen LogP contribution is -1.99. The molecule has 0 radical (unpaired) electrons. The number of aromatic carboxylic acids is 1. The highest BCUT2D eigenvalue weighted by atomic mass is 32.2. The lowest BCUT2D eigenvalue weighted by molar-refractivity contribution is 0.0687. The van der Waals surface area contributed by atoms with Crippen molar-refractivity contribution in [3.63, 3.8) is 0 Å². The molecule has 1 heterocycles. The molecule has 0 unspecified atom stereocenters. The predicted molar refractivity (Wildman–Crippen MR) is 71.6 cm³/mol. The molecule has 1 aromatic carbocycles. The fourth-order valence-corrected chi connectivity index (χ4v) is 1.64. The van der Waals surface area contributed by atoms with Gasteiger partial charge in [0.05, 0.1) is 6.26 Å². The number of aromatic nitrogens is 3. The van der Waals surface area contributed by atoms with E-state index in [9.17, 15) is 13.2 Å². The maximum absolute atomic E-state index is 11.0. The Labute approximate surface area is 119 Å². The highest BCUT2D eigenvalue weighted by Gasteiger charge is 2.16. The van der Waals surface area contributed by atoms with Gasteiger partial charge in [0.25, 0.3) is 5.88 Å². The van der Waals surface area contributed by atoms with E-state index in [0.717, 1.165) is 6.26 Å². The lowest BCUT2D eigenvalue weighted by Gasteiger charge is -2.03. The summed E-state index contributed by atoms with van der Waals surface area (Å²) in [5.74, 6) is 1.32. The second-order valence-electron chi connectivity index (χ2n) is 3.92. The first-order valence-electron chi connectivity index (χ1n) is 5.50. The number of carboxylic acids is 1. The molecule has 0 aliphatic rings. The number of ether oxygens (including phenoxy) is 1. The fourth-order valence-electron chi connectivity index (χ4n) is 1.34. The number of sulfone groups is 1. The highest BCUT2D eigenvalue weighted by Crippen LogP contribution is 2.22. The van der Waals surface area contributed by atoms with Crippen LogP contribution in [0.2, 0.25) is 0 Å². The van der Waals surface area contributed by atoms with Crippen LogP contribution in [-0.2, 0) is 9.84 Å². The highest BCUT2D eigenvalue weighted by molar-refractivity contribution is 7.95. The molecule has 2 rings (SSSR count). The molecule has 0 amide bonds. The Morgan fingerprint density at radius 2 is 2.19 bits per heavy atom. The summed E-state index contributed by atoms with van der Waals surface area (Å²) < 4.78 is 27.3. The van der Waals surface area contributed by atoms with Crippen LogP contribution in [0.1, 0.15) is 16.1 Å². The Morgan fingerprint density at radius 1 is 1.43 bits per heavy atom. The minimum Gasteiger partial charge on any atom is -0.476 e. The number of nitrogens with one attached hydrogen (secondary N) is 1. The number of carboxylic acid groups (broad SMARTS) is 1. The number of hydrogen-bond donors (Lipinski definition) is 2. The van der Waals surface area contributed by atoms with Crippen LogP contribution in [0.15, 0.2) is 24.3 Å². The zero-order valence-electron chi connectivity index (χ0n) is 10.7. The maximum atomic E-state index is 11.0. The van der Waals surface area contributed by atoms with Crippen molar-refractivity contribution in [2.45, 2.75) is 0 Å². The van der Waals surface area contributed by atoms with E-state index in [4.69, 9.17) is 9.84 Å². The quantitative estimate of drug-likeness (QED) is 0.798. The van der Waals surface area contributed by atoms with Gasteiger partial charge in [-0.15, -0.1) is 5.10 Å². The summed E-state index contributed by atoms with van der Waals surface area (Å²) in [6.45, 7) is 0. The van der Waals surface area contributed by atoms with Gasteiger partial charge in [-0.05, 0) is 24.1 Å². The summed E-state index contributed by atoms with van der Waals surface area (Å²) in [6.07, 6.45) is 0.996. The van der Waals surface area contributed by atoms with Crippen LogP contribution < -0.4 is 4.74 Å². The van der Waals surface area contributed by atoms with Crippen molar-refractivity contribution in [3.8, 4) is 22.8 Å². The zero-order chi connectivity index (χ0) is 15.5. The molecule has 2 N–H and O–H groups in total. The summed E-state index contributed by atoms with van der Waals surface area (Å²) in [6, 6.07) is 6.20. The molecule has 21 heavy (non-hydrogen) atoms. The second kappa shape index (κ2) is 5.64. The van der Waals surface area contributed by atoms with E-state index in [1.165, 1.54) is 6.07 Å². The van der Waals surface area contributed by atoms with E-state index in [1.54, 1.807) is 18.2 Å². The molecule has 0 saturated heterocycles. The Morgan fingerprint density at radius 3 is 2.86 bits per heavy atom. The first kappa shape index (κ1) is 14.5. The maximum Gasteiger partial charge on any atom is 0.362 e. The summed E-state index contributed by atoms with van der Waals surface area (Å²) in [4.78, 5) is 10.9. The van der Waals surface area contributed by atoms with Gasteiger partial charge in [-0.25, -0.2) is 18.3 Å². The third kappa shape index (κ3) is 4.05. The molecule has 108 valence electrons. The van der Waals surface area contributed by atoms with Gasteiger partial charge in [-0.3, -0.25) is 0 Å². The van der Waals surface area contributed by atoms with E-state index in [0.29, 0.717) is 5.56 Å². The Hall–Kier alpha value is -2.86. The van der Waals surface area contributed by atoms with Gasteiger partial charge in [0.2, 0.25) is 15.5 Å². The van der Waals surface area contributed by atoms with Crippen molar-refractivity contribution in [2.24, 2.45) is 0 Å². The molecular formula is C12H9N3O5S. The number of nitrogens with zero attached hydrogens (tertiary/aromatic N) is 2. The Bertz CT molecular complexity index is 845. The number of benzene rings is 1. The van der Waals surface area contributed by atoms with Crippen LogP contribution >= 0.6 is 0 Å². The van der Waals surface area contributed by atoms with E-state index in [1.807, 2.05) is 0 Å². The van der Waals surface area contributed by atoms with Crippen LogP contribution in [0, 0.1) is 11.2 Å². The first-order chi connectivity index (χ1) is 9.85. The summed E-state index contributed by atoms with van der Waals surface area (Å²) in [5.41, 5.74) is 0.0462. The van der Waals surface area contributed by atoms with Crippen LogP contribution in [0.25, 0.3) is 0 Å². The predicted octanol–water partition coefficient (Wildman–Crippen LogP) is 0.649. The Kier molecular flexibility index (Phi) is 3.91. The molecule has 0 saturated carbocycles. The molecular weight excluding hydrogens is 298 g/mol. The van der Waals surface area contributed by atoms with Gasteiger partial charge < -0.3 is 9.84 Å². The third-order valence-corrected chi connectivity index (χ3v) is 2.63. The molecule has 2 aromatic rings.